The molecule has 2 aliphatic rings. The number of allylic oxidation sites excluding steroid dienone is 2. The number of amides is 1. The minimum Gasteiger partial charge on any atom is -0.356 e. The van der Waals surface area contributed by atoms with Gasteiger partial charge in [-0.3, -0.25) is 4.79 Å². The number of hydrogen-bond acceptors (Lipinski definition) is 1. The van der Waals surface area contributed by atoms with Crippen molar-refractivity contribution >= 4 is 5.91 Å². The van der Waals surface area contributed by atoms with Crippen LogP contribution in [0.4, 0.5) is 0 Å². The fourth-order valence-electron chi connectivity index (χ4n) is 3.32. The van der Waals surface area contributed by atoms with E-state index in [1.807, 2.05) is 0 Å². The van der Waals surface area contributed by atoms with Gasteiger partial charge in [-0.2, -0.15) is 0 Å². The van der Waals surface area contributed by atoms with Crippen molar-refractivity contribution in [3.05, 3.63) is 12.2 Å². The number of carbonyl (C=O) groups is 1. The van der Waals surface area contributed by atoms with Crippen LogP contribution >= 0.6 is 0 Å². The number of carbonyl (C=O) groups excluding carboxylic acids is 1. The molecule has 2 heteroatoms. The Morgan fingerprint density at radius 1 is 1.35 bits per heavy atom. The smallest absolute Gasteiger partial charge is 0.223 e. The van der Waals surface area contributed by atoms with Gasteiger partial charge in [0.25, 0.3) is 0 Å². The van der Waals surface area contributed by atoms with Gasteiger partial charge in [0, 0.05) is 12.5 Å². The summed E-state index contributed by atoms with van der Waals surface area (Å²) in [6.45, 7) is 5.30. The zero-order chi connectivity index (χ0) is 12.3. The van der Waals surface area contributed by atoms with Gasteiger partial charge in [0.1, 0.15) is 0 Å². The first kappa shape index (κ1) is 12.7. The number of fused-ring (bicyclic) bond motifs is 2. The average molecular weight is 235 g/mol. The number of nitrogens with one attached hydrogen (secondary N) is 1. The van der Waals surface area contributed by atoms with E-state index in [2.05, 4.69) is 31.3 Å². The molecule has 1 saturated carbocycles. The molecule has 0 radical (unpaired) electrons. The molecule has 2 nitrogen and oxygen atoms in total. The molecular formula is C15H25NO. The molecule has 0 spiro atoms. The Bertz CT molecular complexity index is 297. The molecule has 1 N–H and O–H groups in total. The molecule has 2 rings (SSSR count). The van der Waals surface area contributed by atoms with Crippen molar-refractivity contribution in [1.29, 1.82) is 0 Å². The van der Waals surface area contributed by atoms with Gasteiger partial charge < -0.3 is 5.32 Å². The lowest BCUT2D eigenvalue weighted by Crippen LogP contribution is -2.36. The largest absolute Gasteiger partial charge is 0.356 e. The van der Waals surface area contributed by atoms with Crippen molar-refractivity contribution in [2.75, 3.05) is 6.54 Å². The second-order valence-electron chi connectivity index (χ2n) is 5.69. The Kier molecular flexibility index (Phi) is 4.25. The third-order valence-corrected chi connectivity index (χ3v) is 4.45. The summed E-state index contributed by atoms with van der Waals surface area (Å²) in [7, 11) is 0. The molecule has 0 saturated heterocycles. The van der Waals surface area contributed by atoms with Gasteiger partial charge in [0.15, 0.2) is 0 Å². The fraction of sp³-hybridized carbons (Fsp3) is 0.800. The molecule has 4 unspecified atom stereocenters. The van der Waals surface area contributed by atoms with Gasteiger partial charge in [-0.25, -0.2) is 0 Å². The molecule has 0 aromatic rings. The van der Waals surface area contributed by atoms with Crippen LogP contribution in [-0.2, 0) is 4.79 Å². The zero-order valence-electron chi connectivity index (χ0n) is 11.1. The van der Waals surface area contributed by atoms with Crippen LogP contribution in [0.15, 0.2) is 12.2 Å². The summed E-state index contributed by atoms with van der Waals surface area (Å²) >= 11 is 0. The lowest BCUT2D eigenvalue weighted by Gasteiger charge is -2.20. The van der Waals surface area contributed by atoms with E-state index in [1.165, 1.54) is 25.7 Å². The lowest BCUT2D eigenvalue weighted by atomic mass is 9.92. The molecule has 1 amide bonds. The van der Waals surface area contributed by atoms with Crippen LogP contribution in [0.2, 0.25) is 0 Å². The van der Waals surface area contributed by atoms with Crippen LogP contribution in [-0.4, -0.2) is 12.5 Å². The fourth-order valence-corrected chi connectivity index (χ4v) is 3.32. The van der Waals surface area contributed by atoms with E-state index in [-0.39, 0.29) is 5.92 Å². The molecule has 17 heavy (non-hydrogen) atoms. The van der Waals surface area contributed by atoms with E-state index in [0.717, 1.165) is 13.0 Å². The standard InChI is InChI=1S/C15H25NO/c1-3-5-11(4-2)10-16-15(17)14-9-12-6-7-13(14)8-12/h6-7,11-14H,3-5,8-10H2,1-2H3,(H,16,17). The first-order chi connectivity index (χ1) is 8.24. The van der Waals surface area contributed by atoms with Crippen molar-refractivity contribution in [3.8, 4) is 0 Å². The Morgan fingerprint density at radius 3 is 2.71 bits per heavy atom. The zero-order valence-corrected chi connectivity index (χ0v) is 11.1. The minimum absolute atomic E-state index is 0.268. The first-order valence-electron chi connectivity index (χ1n) is 7.20. The summed E-state index contributed by atoms with van der Waals surface area (Å²) in [4.78, 5) is 12.1. The quantitative estimate of drug-likeness (QED) is 0.704. The van der Waals surface area contributed by atoms with Crippen LogP contribution in [0.1, 0.15) is 46.0 Å². The molecule has 2 aliphatic carbocycles. The molecule has 4 atom stereocenters. The summed E-state index contributed by atoms with van der Waals surface area (Å²) in [5, 5.41) is 3.17. The molecular weight excluding hydrogens is 210 g/mol. The van der Waals surface area contributed by atoms with E-state index in [1.54, 1.807) is 0 Å². The predicted octanol–water partition coefficient (Wildman–Crippen LogP) is 3.14. The van der Waals surface area contributed by atoms with Crippen molar-refractivity contribution in [2.45, 2.75) is 46.0 Å². The molecule has 0 aromatic heterocycles. The van der Waals surface area contributed by atoms with E-state index in [4.69, 9.17) is 0 Å². The van der Waals surface area contributed by atoms with Gasteiger partial charge in [-0.1, -0.05) is 38.8 Å². The second kappa shape index (κ2) is 5.70. The third-order valence-electron chi connectivity index (χ3n) is 4.45. The molecule has 0 heterocycles. The van der Waals surface area contributed by atoms with Crippen LogP contribution in [0.5, 0.6) is 0 Å². The summed E-state index contributed by atoms with van der Waals surface area (Å²) in [5.74, 6) is 2.46. The first-order valence-corrected chi connectivity index (χ1v) is 7.20. The average Bonchev–Trinajstić information content (AvgIpc) is 2.96. The van der Waals surface area contributed by atoms with Crippen molar-refractivity contribution < 1.29 is 4.79 Å². The van der Waals surface area contributed by atoms with E-state index in [0.29, 0.717) is 23.7 Å². The summed E-state index contributed by atoms with van der Waals surface area (Å²) in [5.41, 5.74) is 0. The number of rotatable bonds is 6. The Labute approximate surface area is 105 Å². The summed E-state index contributed by atoms with van der Waals surface area (Å²) < 4.78 is 0. The van der Waals surface area contributed by atoms with Crippen molar-refractivity contribution in [1.82, 2.24) is 5.32 Å². The van der Waals surface area contributed by atoms with Gasteiger partial charge >= 0.3 is 0 Å². The maximum atomic E-state index is 12.1. The Balaban J connectivity index is 1.76. The van der Waals surface area contributed by atoms with E-state index < -0.39 is 0 Å². The highest BCUT2D eigenvalue weighted by molar-refractivity contribution is 5.79. The van der Waals surface area contributed by atoms with Gasteiger partial charge in [-0.15, -0.1) is 0 Å². The molecule has 0 aliphatic heterocycles. The van der Waals surface area contributed by atoms with E-state index >= 15 is 0 Å². The van der Waals surface area contributed by atoms with Crippen molar-refractivity contribution in [3.63, 3.8) is 0 Å². The highest BCUT2D eigenvalue weighted by Gasteiger charge is 2.39. The molecule has 1 fully saturated rings. The van der Waals surface area contributed by atoms with Gasteiger partial charge in [-0.05, 0) is 37.0 Å². The molecule has 0 aromatic carbocycles. The van der Waals surface area contributed by atoms with Crippen LogP contribution in [0.3, 0.4) is 0 Å². The van der Waals surface area contributed by atoms with Crippen LogP contribution in [0, 0.1) is 23.7 Å². The second-order valence-corrected chi connectivity index (χ2v) is 5.69. The van der Waals surface area contributed by atoms with Crippen LogP contribution < -0.4 is 5.32 Å². The predicted molar refractivity (Wildman–Crippen MR) is 70.5 cm³/mol. The maximum Gasteiger partial charge on any atom is 0.223 e. The third kappa shape index (κ3) is 2.91. The van der Waals surface area contributed by atoms with Gasteiger partial charge in [0.05, 0.1) is 0 Å². The lowest BCUT2D eigenvalue weighted by molar-refractivity contribution is -0.125. The Hall–Kier alpha value is -0.790. The highest BCUT2D eigenvalue weighted by atomic mass is 16.1. The monoisotopic (exact) mass is 235 g/mol. The van der Waals surface area contributed by atoms with Gasteiger partial charge in [0.2, 0.25) is 5.91 Å². The number of hydrogen-bond donors (Lipinski definition) is 1. The Morgan fingerprint density at radius 2 is 2.18 bits per heavy atom. The van der Waals surface area contributed by atoms with E-state index in [9.17, 15) is 4.79 Å². The SMILES string of the molecule is CCCC(CC)CNC(=O)C1CC2C=CC1C2. The summed E-state index contributed by atoms with van der Waals surface area (Å²) in [6, 6.07) is 0. The maximum absolute atomic E-state index is 12.1. The minimum atomic E-state index is 0.268. The highest BCUT2D eigenvalue weighted by Crippen LogP contribution is 2.43. The normalized spacial score (nSPS) is 31.8. The van der Waals surface area contributed by atoms with Crippen molar-refractivity contribution in [2.24, 2.45) is 23.7 Å². The van der Waals surface area contributed by atoms with Crippen LogP contribution in [0.25, 0.3) is 0 Å². The topological polar surface area (TPSA) is 29.1 Å². The molecule has 2 bridgehead atoms. The summed E-state index contributed by atoms with van der Waals surface area (Å²) in [6.07, 6.45) is 10.5. The molecule has 96 valence electrons.